The first kappa shape index (κ1) is 17.8. The normalized spacial score (nSPS) is 18.9. The molecule has 0 aromatic heterocycles. The standard InChI is InChI=1S/C14H14BrINO.Y/c1-3-17-13(7-6-12(16)14(17)18)11-5-4-10(15)8-9(11)2;/h4-5,8,12H,3,6H2,1-2H3;/q-1;. The molecular formula is C14H14BrINOY-. The monoisotopic (exact) mass is 507 g/mol. The first-order chi connectivity index (χ1) is 8.54. The number of carbonyl (C=O) groups is 1. The fourth-order valence-corrected chi connectivity index (χ4v) is 3.13. The van der Waals surface area contributed by atoms with E-state index in [1.165, 1.54) is 0 Å². The molecule has 99 valence electrons. The number of hydrogen-bond donors (Lipinski definition) is 0. The van der Waals surface area contributed by atoms with E-state index in [-0.39, 0.29) is 42.5 Å². The SMILES string of the molecule is CCN1C(=O)C(I)C[C-]=C1c1ccc(Br)cc1C.[Y]. The molecule has 1 radical (unpaired) electrons. The number of amides is 1. The molecule has 1 heterocycles. The molecule has 1 atom stereocenters. The molecule has 0 fully saturated rings. The smallest absolute Gasteiger partial charge is 0.235 e. The third kappa shape index (κ3) is 3.89. The van der Waals surface area contributed by atoms with Gasteiger partial charge in [0.05, 0.1) is 3.92 Å². The van der Waals surface area contributed by atoms with Crippen molar-refractivity contribution >= 4 is 50.1 Å². The number of aryl methyl sites for hydroxylation is 1. The van der Waals surface area contributed by atoms with E-state index in [0.717, 1.165) is 21.3 Å². The molecule has 1 aromatic carbocycles. The number of rotatable bonds is 2. The van der Waals surface area contributed by atoms with Gasteiger partial charge in [0.1, 0.15) is 0 Å². The summed E-state index contributed by atoms with van der Waals surface area (Å²) in [5.41, 5.74) is 3.18. The van der Waals surface area contributed by atoms with Crippen LogP contribution in [0.5, 0.6) is 0 Å². The van der Waals surface area contributed by atoms with E-state index in [4.69, 9.17) is 0 Å². The number of halogens is 2. The average Bonchev–Trinajstić information content (AvgIpc) is 2.33. The van der Waals surface area contributed by atoms with Crippen LogP contribution >= 0.6 is 38.5 Å². The van der Waals surface area contributed by atoms with Crippen molar-refractivity contribution in [3.8, 4) is 0 Å². The third-order valence-corrected chi connectivity index (χ3v) is 4.48. The first-order valence-corrected chi connectivity index (χ1v) is 7.91. The summed E-state index contributed by atoms with van der Waals surface area (Å²) >= 11 is 5.65. The van der Waals surface area contributed by atoms with E-state index in [2.05, 4.69) is 57.6 Å². The van der Waals surface area contributed by atoms with Crippen LogP contribution in [0.1, 0.15) is 24.5 Å². The molecule has 0 saturated carbocycles. The van der Waals surface area contributed by atoms with Crippen LogP contribution in [0.4, 0.5) is 0 Å². The van der Waals surface area contributed by atoms with Crippen molar-refractivity contribution in [1.82, 2.24) is 4.90 Å². The summed E-state index contributed by atoms with van der Waals surface area (Å²) in [6, 6.07) is 6.12. The molecule has 1 aliphatic heterocycles. The molecule has 2 nitrogen and oxygen atoms in total. The van der Waals surface area contributed by atoms with Crippen molar-refractivity contribution in [2.45, 2.75) is 24.2 Å². The Kier molecular flexibility index (Phi) is 7.18. The molecule has 1 aliphatic rings. The van der Waals surface area contributed by atoms with Crippen LogP contribution in [0.2, 0.25) is 0 Å². The van der Waals surface area contributed by atoms with Crippen LogP contribution in [-0.2, 0) is 37.5 Å². The molecule has 2 rings (SSSR count). The molecule has 0 spiro atoms. The first-order valence-electron chi connectivity index (χ1n) is 5.87. The van der Waals surface area contributed by atoms with Crippen LogP contribution in [0.3, 0.4) is 0 Å². The van der Waals surface area contributed by atoms with E-state index >= 15 is 0 Å². The Hall–Kier alpha value is 0.744. The zero-order chi connectivity index (χ0) is 13.3. The van der Waals surface area contributed by atoms with Gasteiger partial charge in [-0.2, -0.15) is 0 Å². The number of carbonyl (C=O) groups excluding carboxylic acids is 1. The molecule has 0 aliphatic carbocycles. The maximum Gasteiger partial charge on any atom is 0.235 e. The van der Waals surface area contributed by atoms with Crippen LogP contribution in [0, 0.1) is 13.0 Å². The van der Waals surface area contributed by atoms with E-state index in [1.807, 2.05) is 24.0 Å². The summed E-state index contributed by atoms with van der Waals surface area (Å²) < 4.78 is 1.07. The van der Waals surface area contributed by atoms with Gasteiger partial charge in [0.2, 0.25) is 5.91 Å². The minimum atomic E-state index is 0. The minimum Gasteiger partial charge on any atom is -0.347 e. The zero-order valence-electron chi connectivity index (χ0n) is 10.9. The second-order valence-corrected chi connectivity index (χ2v) is 6.66. The van der Waals surface area contributed by atoms with Gasteiger partial charge in [-0.25, -0.2) is 6.08 Å². The van der Waals surface area contributed by atoms with Crippen molar-refractivity contribution in [3.63, 3.8) is 0 Å². The average molecular weight is 508 g/mol. The fraction of sp³-hybridized carbons (Fsp3) is 0.357. The maximum absolute atomic E-state index is 12.2. The van der Waals surface area contributed by atoms with Crippen LogP contribution in [0.25, 0.3) is 5.70 Å². The predicted molar refractivity (Wildman–Crippen MR) is 85.3 cm³/mol. The van der Waals surface area contributed by atoms with Crippen LogP contribution < -0.4 is 0 Å². The maximum atomic E-state index is 12.2. The minimum absolute atomic E-state index is 0. The second kappa shape index (κ2) is 7.67. The Morgan fingerprint density at radius 1 is 1.53 bits per heavy atom. The van der Waals surface area contributed by atoms with Crippen molar-refractivity contribution in [1.29, 1.82) is 0 Å². The number of benzene rings is 1. The summed E-state index contributed by atoms with van der Waals surface area (Å²) in [5, 5.41) is 0. The summed E-state index contributed by atoms with van der Waals surface area (Å²) in [4.78, 5) is 14.0. The van der Waals surface area contributed by atoms with Crippen molar-refractivity contribution < 1.29 is 37.5 Å². The van der Waals surface area contributed by atoms with Gasteiger partial charge in [0.15, 0.2) is 0 Å². The molecular weight excluding hydrogens is 494 g/mol. The molecule has 1 aromatic rings. The topological polar surface area (TPSA) is 20.3 Å². The molecule has 1 unspecified atom stereocenters. The van der Waals surface area contributed by atoms with Gasteiger partial charge < -0.3 is 4.90 Å². The quantitative estimate of drug-likeness (QED) is 0.337. The van der Waals surface area contributed by atoms with Gasteiger partial charge in [-0.1, -0.05) is 64.0 Å². The predicted octanol–water partition coefficient (Wildman–Crippen LogP) is 3.95. The van der Waals surface area contributed by atoms with E-state index in [1.54, 1.807) is 0 Å². The van der Waals surface area contributed by atoms with E-state index in [9.17, 15) is 4.79 Å². The Morgan fingerprint density at radius 2 is 2.21 bits per heavy atom. The molecule has 1 amide bonds. The molecule has 0 bridgehead atoms. The molecule has 19 heavy (non-hydrogen) atoms. The zero-order valence-corrected chi connectivity index (χ0v) is 17.5. The molecule has 5 heteroatoms. The summed E-state index contributed by atoms with van der Waals surface area (Å²) in [7, 11) is 0. The van der Waals surface area contributed by atoms with Gasteiger partial charge in [-0.3, -0.25) is 4.79 Å². The van der Waals surface area contributed by atoms with Gasteiger partial charge in [0.25, 0.3) is 0 Å². The van der Waals surface area contributed by atoms with Crippen molar-refractivity contribution in [2.24, 2.45) is 0 Å². The Labute approximate surface area is 161 Å². The van der Waals surface area contributed by atoms with Crippen molar-refractivity contribution in [3.05, 3.63) is 39.9 Å². The van der Waals surface area contributed by atoms with E-state index < -0.39 is 0 Å². The molecule has 0 N–H and O–H groups in total. The second-order valence-electron chi connectivity index (χ2n) is 4.24. The fourth-order valence-electron chi connectivity index (χ4n) is 2.10. The summed E-state index contributed by atoms with van der Waals surface area (Å²) in [5.74, 6) is 0.189. The molecule has 0 saturated heterocycles. The Morgan fingerprint density at radius 3 is 2.79 bits per heavy atom. The van der Waals surface area contributed by atoms with Crippen LogP contribution in [-0.4, -0.2) is 21.3 Å². The van der Waals surface area contributed by atoms with Gasteiger partial charge >= 0.3 is 0 Å². The summed E-state index contributed by atoms with van der Waals surface area (Å²) in [6.45, 7) is 4.75. The Bertz CT molecular complexity index is 518. The number of hydrogen-bond acceptors (Lipinski definition) is 1. The Balaban J connectivity index is 0.00000180. The largest absolute Gasteiger partial charge is 0.347 e. The van der Waals surface area contributed by atoms with Crippen LogP contribution in [0.15, 0.2) is 22.7 Å². The number of alkyl halides is 1. The van der Waals surface area contributed by atoms with Gasteiger partial charge in [-0.05, 0) is 6.92 Å². The number of nitrogens with zero attached hydrogens (tertiary/aromatic N) is 1. The third-order valence-electron chi connectivity index (χ3n) is 3.01. The van der Waals surface area contributed by atoms with Gasteiger partial charge in [0, 0.05) is 43.7 Å². The van der Waals surface area contributed by atoms with E-state index in [0.29, 0.717) is 13.0 Å². The summed E-state index contributed by atoms with van der Waals surface area (Å²) in [6.07, 6.45) is 4.07. The van der Waals surface area contributed by atoms with Gasteiger partial charge in [-0.15, -0.1) is 22.9 Å². The number of allylic oxidation sites excluding steroid dienone is 1. The van der Waals surface area contributed by atoms with Crippen molar-refractivity contribution in [2.75, 3.05) is 6.54 Å².